The molecule has 2 amide bonds. The van der Waals surface area contributed by atoms with Gasteiger partial charge in [-0.2, -0.15) is 4.98 Å². The summed E-state index contributed by atoms with van der Waals surface area (Å²) in [6, 6.07) is 28.1. The lowest BCUT2D eigenvalue weighted by molar-refractivity contribution is -0.149. The van der Waals surface area contributed by atoms with Crippen LogP contribution in [0.3, 0.4) is 0 Å². The molecule has 9 nitrogen and oxygen atoms in total. The molecule has 1 heterocycles. The fraction of sp³-hybridized carbons (Fsp3) is 0.219. The largest absolute Gasteiger partial charge is 0.472 e. The van der Waals surface area contributed by atoms with Gasteiger partial charge in [-0.25, -0.2) is 4.98 Å². The van der Waals surface area contributed by atoms with E-state index in [2.05, 4.69) is 20.6 Å². The fourth-order valence-corrected chi connectivity index (χ4v) is 4.67. The minimum absolute atomic E-state index is 0.00702. The van der Waals surface area contributed by atoms with Crippen molar-refractivity contribution < 1.29 is 23.9 Å². The van der Waals surface area contributed by atoms with Gasteiger partial charge in [0, 0.05) is 12.2 Å². The van der Waals surface area contributed by atoms with Crippen LogP contribution < -0.4 is 15.4 Å². The summed E-state index contributed by atoms with van der Waals surface area (Å²) in [5.41, 5.74) is 2.78. The minimum atomic E-state index is -0.513. The summed E-state index contributed by atoms with van der Waals surface area (Å²) in [4.78, 5) is 46.8. The maximum atomic E-state index is 13.7. The molecule has 2 N–H and O–H groups in total. The molecule has 0 aliphatic heterocycles. The third kappa shape index (κ3) is 6.75. The Hall–Kier alpha value is -5.05. The third-order valence-electron chi connectivity index (χ3n) is 6.97. The zero-order valence-corrected chi connectivity index (χ0v) is 22.5. The number of carbonyl (C=O) groups excluding carboxylic acids is 3. The van der Waals surface area contributed by atoms with Crippen LogP contribution in [0.4, 0.5) is 0 Å². The van der Waals surface area contributed by atoms with Crippen molar-refractivity contribution in [3.8, 4) is 5.88 Å². The summed E-state index contributed by atoms with van der Waals surface area (Å²) in [5.74, 6) is -1.62. The van der Waals surface area contributed by atoms with Gasteiger partial charge in [-0.3, -0.25) is 14.4 Å². The highest BCUT2D eigenvalue weighted by Crippen LogP contribution is 2.29. The molecule has 0 spiro atoms. The second kappa shape index (κ2) is 12.9. The SMILES string of the molecule is COC(=O)C1CC(NC(=O)c2ncc(C(=O)NC(c3ccccc3)c3ccccc3)c(OCc3ccccc3)n2)C1. The van der Waals surface area contributed by atoms with E-state index in [1.54, 1.807) is 0 Å². The standard InChI is InChI=1S/C32H30N4O5/c1-40-32(39)24-17-25(18-24)34-30(38)28-33-19-26(31(36-28)41-20-21-11-5-2-6-12-21)29(37)35-27(22-13-7-3-8-14-22)23-15-9-4-10-16-23/h2-16,19,24-25,27H,17-18,20H2,1H3,(H,34,38)(H,35,37). The molecule has 3 aromatic carbocycles. The van der Waals surface area contributed by atoms with Crippen LogP contribution in [0, 0.1) is 5.92 Å². The van der Waals surface area contributed by atoms with E-state index in [0.29, 0.717) is 12.8 Å². The number of hydrogen-bond acceptors (Lipinski definition) is 7. The first-order valence-corrected chi connectivity index (χ1v) is 13.3. The summed E-state index contributed by atoms with van der Waals surface area (Å²) < 4.78 is 10.7. The van der Waals surface area contributed by atoms with E-state index in [0.717, 1.165) is 16.7 Å². The maximum absolute atomic E-state index is 13.7. The highest BCUT2D eigenvalue weighted by atomic mass is 16.5. The van der Waals surface area contributed by atoms with E-state index >= 15 is 0 Å². The number of nitrogens with one attached hydrogen (secondary N) is 2. The monoisotopic (exact) mass is 550 g/mol. The molecule has 41 heavy (non-hydrogen) atoms. The molecule has 0 unspecified atom stereocenters. The van der Waals surface area contributed by atoms with Gasteiger partial charge in [0.25, 0.3) is 11.8 Å². The molecular formula is C32H30N4O5. The van der Waals surface area contributed by atoms with Gasteiger partial charge >= 0.3 is 5.97 Å². The highest BCUT2D eigenvalue weighted by Gasteiger charge is 2.36. The predicted molar refractivity (Wildman–Crippen MR) is 151 cm³/mol. The number of ether oxygens (including phenoxy) is 2. The van der Waals surface area contributed by atoms with Crippen LogP contribution in [-0.2, 0) is 16.1 Å². The minimum Gasteiger partial charge on any atom is -0.472 e. The van der Waals surface area contributed by atoms with Gasteiger partial charge in [0.05, 0.1) is 19.1 Å². The van der Waals surface area contributed by atoms with E-state index in [9.17, 15) is 14.4 Å². The number of benzene rings is 3. The number of hydrogen-bond donors (Lipinski definition) is 2. The topological polar surface area (TPSA) is 120 Å². The zero-order valence-electron chi connectivity index (χ0n) is 22.5. The zero-order chi connectivity index (χ0) is 28.6. The Bertz CT molecular complexity index is 1450. The molecule has 0 radical (unpaired) electrons. The van der Waals surface area contributed by atoms with Crippen molar-refractivity contribution in [1.82, 2.24) is 20.6 Å². The second-order valence-corrected chi connectivity index (χ2v) is 9.78. The van der Waals surface area contributed by atoms with Gasteiger partial charge in [0.2, 0.25) is 11.7 Å². The van der Waals surface area contributed by atoms with Crippen molar-refractivity contribution in [3.05, 3.63) is 125 Å². The van der Waals surface area contributed by atoms with Gasteiger partial charge in [-0.15, -0.1) is 0 Å². The number of rotatable bonds is 10. The van der Waals surface area contributed by atoms with Crippen molar-refractivity contribution in [2.75, 3.05) is 7.11 Å². The van der Waals surface area contributed by atoms with E-state index in [1.165, 1.54) is 13.3 Å². The van der Waals surface area contributed by atoms with Gasteiger partial charge in [0.15, 0.2) is 0 Å². The maximum Gasteiger partial charge on any atom is 0.308 e. The van der Waals surface area contributed by atoms with E-state index in [-0.39, 0.29) is 41.8 Å². The molecule has 0 bridgehead atoms. The van der Waals surface area contributed by atoms with Crippen LogP contribution in [0.2, 0.25) is 0 Å². The summed E-state index contributed by atoms with van der Waals surface area (Å²) in [6.45, 7) is 0.142. The first-order valence-electron chi connectivity index (χ1n) is 13.3. The van der Waals surface area contributed by atoms with Gasteiger partial charge < -0.3 is 20.1 Å². The Morgan fingerprint density at radius 3 is 2.02 bits per heavy atom. The van der Waals surface area contributed by atoms with Crippen molar-refractivity contribution in [3.63, 3.8) is 0 Å². The van der Waals surface area contributed by atoms with E-state index < -0.39 is 17.9 Å². The number of nitrogens with zero attached hydrogens (tertiary/aromatic N) is 2. The second-order valence-electron chi connectivity index (χ2n) is 9.78. The van der Waals surface area contributed by atoms with Crippen molar-refractivity contribution in [2.24, 2.45) is 5.92 Å². The lowest BCUT2D eigenvalue weighted by Gasteiger charge is -2.33. The summed E-state index contributed by atoms with van der Waals surface area (Å²) >= 11 is 0. The quantitative estimate of drug-likeness (QED) is 0.283. The van der Waals surface area contributed by atoms with Crippen molar-refractivity contribution in [1.29, 1.82) is 0 Å². The first kappa shape index (κ1) is 27.5. The van der Waals surface area contributed by atoms with Crippen LogP contribution in [0.1, 0.15) is 56.6 Å². The predicted octanol–water partition coefficient (Wildman–Crippen LogP) is 4.26. The average molecular weight is 551 g/mol. The Balaban J connectivity index is 1.38. The molecule has 0 atom stereocenters. The van der Waals surface area contributed by atoms with Crippen LogP contribution >= 0.6 is 0 Å². The first-order chi connectivity index (χ1) is 20.0. The molecule has 1 aliphatic carbocycles. The number of aromatic nitrogens is 2. The van der Waals surface area contributed by atoms with Crippen molar-refractivity contribution >= 4 is 17.8 Å². The lowest BCUT2D eigenvalue weighted by atomic mass is 9.80. The molecule has 208 valence electrons. The smallest absolute Gasteiger partial charge is 0.308 e. The van der Waals surface area contributed by atoms with E-state index in [4.69, 9.17) is 9.47 Å². The van der Waals surface area contributed by atoms with Gasteiger partial charge in [-0.1, -0.05) is 91.0 Å². The molecule has 0 saturated heterocycles. The Kier molecular flexibility index (Phi) is 8.64. The van der Waals surface area contributed by atoms with Crippen LogP contribution in [0.25, 0.3) is 0 Å². The lowest BCUT2D eigenvalue weighted by Crippen LogP contribution is -2.47. The Morgan fingerprint density at radius 2 is 1.44 bits per heavy atom. The van der Waals surface area contributed by atoms with Crippen LogP contribution in [0.15, 0.2) is 97.2 Å². The summed E-state index contributed by atoms with van der Waals surface area (Å²) in [7, 11) is 1.35. The molecule has 1 fully saturated rings. The Labute approximate surface area is 237 Å². The van der Waals surface area contributed by atoms with E-state index in [1.807, 2.05) is 91.0 Å². The normalized spacial score (nSPS) is 15.9. The number of amides is 2. The highest BCUT2D eigenvalue weighted by molar-refractivity contribution is 5.97. The fourth-order valence-electron chi connectivity index (χ4n) is 4.67. The number of carbonyl (C=O) groups is 3. The number of methoxy groups -OCH3 is 1. The molecule has 1 aromatic heterocycles. The molecule has 9 heteroatoms. The van der Waals surface area contributed by atoms with Crippen LogP contribution in [-0.4, -0.2) is 40.9 Å². The Morgan fingerprint density at radius 1 is 0.854 bits per heavy atom. The average Bonchev–Trinajstić information content (AvgIpc) is 3.01. The van der Waals surface area contributed by atoms with Crippen LogP contribution in [0.5, 0.6) is 5.88 Å². The third-order valence-corrected chi connectivity index (χ3v) is 6.97. The van der Waals surface area contributed by atoms with Gasteiger partial charge in [0.1, 0.15) is 12.2 Å². The van der Waals surface area contributed by atoms with Crippen molar-refractivity contribution in [2.45, 2.75) is 31.5 Å². The molecule has 1 saturated carbocycles. The molecular weight excluding hydrogens is 520 g/mol. The molecule has 4 aromatic rings. The summed E-state index contributed by atoms with van der Waals surface area (Å²) in [6.07, 6.45) is 2.27. The summed E-state index contributed by atoms with van der Waals surface area (Å²) in [5, 5.41) is 5.92. The number of esters is 1. The molecule has 1 aliphatic rings. The molecule has 5 rings (SSSR count). The van der Waals surface area contributed by atoms with Gasteiger partial charge in [-0.05, 0) is 29.5 Å².